The SMILES string of the molecule is O=C(N[C@@H](C(=O)N1CCN(CC2CCCCC2)CC1)c1ccccc1)c1ccc(Cl)cc1. The number of carbonyl (C=O) groups is 2. The van der Waals surface area contributed by atoms with Crippen molar-refractivity contribution in [1.82, 2.24) is 15.1 Å². The Morgan fingerprint density at radius 3 is 2.22 bits per heavy atom. The van der Waals surface area contributed by atoms with Gasteiger partial charge in [-0.2, -0.15) is 0 Å². The summed E-state index contributed by atoms with van der Waals surface area (Å²) in [6, 6.07) is 15.5. The van der Waals surface area contributed by atoms with Crippen LogP contribution in [0.4, 0.5) is 0 Å². The number of piperazine rings is 1. The maximum atomic E-state index is 13.5. The van der Waals surface area contributed by atoms with E-state index in [1.54, 1.807) is 24.3 Å². The zero-order valence-electron chi connectivity index (χ0n) is 18.5. The molecule has 2 aromatic rings. The van der Waals surface area contributed by atoms with Gasteiger partial charge in [0.15, 0.2) is 0 Å². The minimum Gasteiger partial charge on any atom is -0.338 e. The van der Waals surface area contributed by atoms with Gasteiger partial charge in [-0.05, 0) is 48.6 Å². The summed E-state index contributed by atoms with van der Waals surface area (Å²) in [6.45, 7) is 4.35. The summed E-state index contributed by atoms with van der Waals surface area (Å²) in [5.74, 6) is 0.484. The van der Waals surface area contributed by atoms with Gasteiger partial charge < -0.3 is 10.2 Å². The summed E-state index contributed by atoms with van der Waals surface area (Å²) < 4.78 is 0. The third kappa shape index (κ3) is 5.90. The lowest BCUT2D eigenvalue weighted by Gasteiger charge is -2.38. The third-order valence-electron chi connectivity index (χ3n) is 6.69. The van der Waals surface area contributed by atoms with Crippen LogP contribution in [-0.2, 0) is 4.79 Å². The first-order chi connectivity index (χ1) is 15.6. The van der Waals surface area contributed by atoms with Gasteiger partial charge >= 0.3 is 0 Å². The molecule has 0 spiro atoms. The lowest BCUT2D eigenvalue weighted by atomic mass is 9.89. The number of nitrogens with zero attached hydrogens (tertiary/aromatic N) is 2. The topological polar surface area (TPSA) is 52.7 Å². The predicted octanol–water partition coefficient (Wildman–Crippen LogP) is 4.54. The Balaban J connectivity index is 1.40. The smallest absolute Gasteiger partial charge is 0.252 e. The quantitative estimate of drug-likeness (QED) is 0.698. The third-order valence-corrected chi connectivity index (χ3v) is 6.94. The molecule has 1 saturated carbocycles. The van der Waals surface area contributed by atoms with Gasteiger partial charge in [0.05, 0.1) is 0 Å². The van der Waals surface area contributed by atoms with Gasteiger partial charge in [-0.15, -0.1) is 0 Å². The van der Waals surface area contributed by atoms with Crippen LogP contribution in [0.25, 0.3) is 0 Å². The number of benzene rings is 2. The lowest BCUT2D eigenvalue weighted by Crippen LogP contribution is -2.52. The molecule has 1 saturated heterocycles. The van der Waals surface area contributed by atoms with Gasteiger partial charge in [0.25, 0.3) is 5.91 Å². The normalized spacial score (nSPS) is 18.8. The van der Waals surface area contributed by atoms with Crippen molar-refractivity contribution in [2.24, 2.45) is 5.92 Å². The molecule has 0 radical (unpaired) electrons. The fourth-order valence-corrected chi connectivity index (χ4v) is 4.94. The number of hydrogen-bond acceptors (Lipinski definition) is 3. The summed E-state index contributed by atoms with van der Waals surface area (Å²) in [5.41, 5.74) is 1.28. The monoisotopic (exact) mass is 453 g/mol. The fourth-order valence-electron chi connectivity index (χ4n) is 4.82. The molecule has 0 aromatic heterocycles. The van der Waals surface area contributed by atoms with Crippen LogP contribution in [-0.4, -0.2) is 54.3 Å². The number of hydrogen-bond donors (Lipinski definition) is 1. The first-order valence-electron chi connectivity index (χ1n) is 11.7. The van der Waals surface area contributed by atoms with Crippen LogP contribution in [0.5, 0.6) is 0 Å². The average molecular weight is 454 g/mol. The molecule has 1 N–H and O–H groups in total. The van der Waals surface area contributed by atoms with Crippen LogP contribution in [0.1, 0.15) is 54.1 Å². The Kier molecular flexibility index (Phi) is 7.82. The molecule has 0 unspecified atom stereocenters. The van der Waals surface area contributed by atoms with Crippen LogP contribution in [0, 0.1) is 5.92 Å². The van der Waals surface area contributed by atoms with Crippen LogP contribution in [0.2, 0.25) is 5.02 Å². The van der Waals surface area contributed by atoms with Crippen molar-refractivity contribution >= 4 is 23.4 Å². The maximum absolute atomic E-state index is 13.5. The van der Waals surface area contributed by atoms with Crippen molar-refractivity contribution in [3.63, 3.8) is 0 Å². The van der Waals surface area contributed by atoms with E-state index >= 15 is 0 Å². The molecule has 170 valence electrons. The largest absolute Gasteiger partial charge is 0.338 e. The van der Waals surface area contributed by atoms with Gasteiger partial charge in [-0.25, -0.2) is 0 Å². The van der Waals surface area contributed by atoms with E-state index in [0.29, 0.717) is 23.7 Å². The molecule has 4 rings (SSSR count). The van der Waals surface area contributed by atoms with Crippen LogP contribution in [0.15, 0.2) is 54.6 Å². The molecule has 0 bridgehead atoms. The molecule has 1 atom stereocenters. The second kappa shape index (κ2) is 11.0. The second-order valence-corrected chi connectivity index (χ2v) is 9.39. The summed E-state index contributed by atoms with van der Waals surface area (Å²) in [4.78, 5) is 30.8. The first kappa shape index (κ1) is 22.8. The summed E-state index contributed by atoms with van der Waals surface area (Å²) in [5, 5.41) is 3.53. The number of halogens is 1. The van der Waals surface area contributed by atoms with Gasteiger partial charge in [0.1, 0.15) is 6.04 Å². The van der Waals surface area contributed by atoms with E-state index < -0.39 is 6.04 Å². The molecule has 2 aromatic carbocycles. The number of carbonyl (C=O) groups excluding carboxylic acids is 2. The van der Waals surface area contributed by atoms with Gasteiger partial charge in [0, 0.05) is 43.3 Å². The molecule has 2 amide bonds. The minimum absolute atomic E-state index is 0.0455. The van der Waals surface area contributed by atoms with E-state index in [2.05, 4.69) is 10.2 Å². The average Bonchev–Trinajstić information content (AvgIpc) is 2.84. The van der Waals surface area contributed by atoms with Gasteiger partial charge in [-0.1, -0.05) is 61.2 Å². The van der Waals surface area contributed by atoms with Crippen molar-refractivity contribution < 1.29 is 9.59 Å². The molecule has 6 heteroatoms. The molecule has 1 aliphatic carbocycles. The Morgan fingerprint density at radius 2 is 1.56 bits per heavy atom. The highest BCUT2D eigenvalue weighted by molar-refractivity contribution is 6.30. The van der Waals surface area contributed by atoms with Crippen molar-refractivity contribution in [3.8, 4) is 0 Å². The number of nitrogens with one attached hydrogen (secondary N) is 1. The van der Waals surface area contributed by atoms with Crippen molar-refractivity contribution in [3.05, 3.63) is 70.7 Å². The Labute approximate surface area is 195 Å². The molecule has 1 heterocycles. The zero-order chi connectivity index (χ0) is 22.3. The van der Waals surface area contributed by atoms with Gasteiger partial charge in [-0.3, -0.25) is 14.5 Å². The van der Waals surface area contributed by atoms with E-state index in [0.717, 1.165) is 31.1 Å². The van der Waals surface area contributed by atoms with E-state index in [-0.39, 0.29) is 11.8 Å². The Bertz CT molecular complexity index is 889. The first-order valence-corrected chi connectivity index (χ1v) is 12.1. The highest BCUT2D eigenvalue weighted by Gasteiger charge is 2.30. The van der Waals surface area contributed by atoms with Crippen molar-refractivity contribution in [1.29, 1.82) is 0 Å². The summed E-state index contributed by atoms with van der Waals surface area (Å²) >= 11 is 5.95. The summed E-state index contributed by atoms with van der Waals surface area (Å²) in [7, 11) is 0. The Hall–Kier alpha value is -2.37. The Morgan fingerprint density at radius 1 is 0.906 bits per heavy atom. The minimum atomic E-state index is -0.704. The number of rotatable bonds is 6. The lowest BCUT2D eigenvalue weighted by molar-refractivity contribution is -0.135. The van der Waals surface area contributed by atoms with Crippen LogP contribution >= 0.6 is 11.6 Å². The van der Waals surface area contributed by atoms with Gasteiger partial charge in [0.2, 0.25) is 5.91 Å². The molecule has 32 heavy (non-hydrogen) atoms. The van der Waals surface area contributed by atoms with E-state index in [1.807, 2.05) is 35.2 Å². The van der Waals surface area contributed by atoms with Crippen molar-refractivity contribution in [2.45, 2.75) is 38.1 Å². The standard InChI is InChI=1S/C26H32ClN3O2/c27-23-13-11-22(12-14-23)25(31)28-24(21-9-5-2-6-10-21)26(32)30-17-15-29(16-18-30)19-20-7-3-1-4-8-20/h2,5-6,9-14,20,24H,1,3-4,7-8,15-19H2,(H,28,31)/t24-/m1/s1. The van der Waals surface area contributed by atoms with E-state index in [9.17, 15) is 9.59 Å². The van der Waals surface area contributed by atoms with E-state index in [1.165, 1.54) is 32.1 Å². The second-order valence-electron chi connectivity index (χ2n) is 8.95. The molecule has 2 aliphatic rings. The zero-order valence-corrected chi connectivity index (χ0v) is 19.3. The molecular formula is C26H32ClN3O2. The van der Waals surface area contributed by atoms with Crippen LogP contribution in [0.3, 0.4) is 0 Å². The maximum Gasteiger partial charge on any atom is 0.252 e. The van der Waals surface area contributed by atoms with Crippen LogP contribution < -0.4 is 5.32 Å². The molecule has 2 fully saturated rings. The van der Waals surface area contributed by atoms with E-state index in [4.69, 9.17) is 11.6 Å². The summed E-state index contributed by atoms with van der Waals surface area (Å²) in [6.07, 6.45) is 6.77. The number of amides is 2. The highest BCUT2D eigenvalue weighted by atomic mass is 35.5. The predicted molar refractivity (Wildman–Crippen MR) is 128 cm³/mol. The molecule has 1 aliphatic heterocycles. The highest BCUT2D eigenvalue weighted by Crippen LogP contribution is 2.25. The molecule has 5 nitrogen and oxygen atoms in total. The fraction of sp³-hybridized carbons (Fsp3) is 0.462. The molecular weight excluding hydrogens is 422 g/mol. The van der Waals surface area contributed by atoms with Crippen molar-refractivity contribution in [2.75, 3.05) is 32.7 Å².